The van der Waals surface area contributed by atoms with Crippen molar-refractivity contribution in [2.75, 3.05) is 20.2 Å². The van der Waals surface area contributed by atoms with Crippen molar-refractivity contribution in [3.05, 3.63) is 46.5 Å². The van der Waals surface area contributed by atoms with Gasteiger partial charge in [0.2, 0.25) is 11.8 Å². The van der Waals surface area contributed by atoms with Gasteiger partial charge >= 0.3 is 6.18 Å². The molecule has 1 aliphatic rings. The van der Waals surface area contributed by atoms with Crippen LogP contribution in [0, 0.1) is 0 Å². The van der Waals surface area contributed by atoms with E-state index in [4.69, 9.17) is 4.74 Å². The van der Waals surface area contributed by atoms with E-state index in [0.717, 1.165) is 46.9 Å². The van der Waals surface area contributed by atoms with Crippen LogP contribution in [0.2, 0.25) is 0 Å². The van der Waals surface area contributed by atoms with E-state index < -0.39 is 41.6 Å². The van der Waals surface area contributed by atoms with Crippen LogP contribution in [-0.4, -0.2) is 70.5 Å². The number of benzene rings is 1. The third-order valence-electron chi connectivity index (χ3n) is 8.22. The van der Waals surface area contributed by atoms with E-state index in [-0.39, 0.29) is 39.8 Å². The molecule has 1 saturated heterocycles. The Bertz CT molecular complexity index is 1560. The quantitative estimate of drug-likeness (QED) is 0.229. The number of hydrogen-bond donors (Lipinski definition) is 2. The van der Waals surface area contributed by atoms with Crippen LogP contribution >= 0.6 is 11.3 Å². The summed E-state index contributed by atoms with van der Waals surface area (Å²) in [7, 11) is 2.89. The fraction of sp³-hybridized carbons (Fsp3) is 0.531. The molecule has 250 valence electrons. The highest BCUT2D eigenvalue weighted by molar-refractivity contribution is 7.20. The van der Waals surface area contributed by atoms with Crippen molar-refractivity contribution < 1.29 is 37.1 Å². The Morgan fingerprint density at radius 2 is 1.78 bits per heavy atom. The zero-order valence-electron chi connectivity index (χ0n) is 26.4. The Hall–Kier alpha value is -3.94. The number of fused-ring (bicyclic) bond motifs is 1. The molecule has 0 spiro atoms. The Balaban J connectivity index is 1.59. The van der Waals surface area contributed by atoms with E-state index in [1.54, 1.807) is 17.0 Å². The number of ketones is 1. The number of methoxy groups -OCH3 is 1. The number of aromatic nitrogens is 2. The maximum atomic E-state index is 13.8. The number of alkyl halides is 3. The van der Waals surface area contributed by atoms with Crippen molar-refractivity contribution in [2.24, 2.45) is 7.05 Å². The highest BCUT2D eigenvalue weighted by Crippen LogP contribution is 2.37. The molecule has 4 rings (SSSR count). The number of likely N-dealkylation sites (tertiary alicyclic amines) is 1. The molecule has 0 bridgehead atoms. The first kappa shape index (κ1) is 34.9. The van der Waals surface area contributed by atoms with Crippen LogP contribution in [-0.2, 0) is 27.6 Å². The van der Waals surface area contributed by atoms with Crippen LogP contribution in [0.1, 0.15) is 85.6 Å². The lowest BCUT2D eigenvalue weighted by atomic mass is 9.92. The molecule has 0 saturated carbocycles. The molecular formula is C32H40F3N5O5S. The smallest absolute Gasteiger partial charge is 0.435 e. The first-order valence-corrected chi connectivity index (χ1v) is 16.2. The summed E-state index contributed by atoms with van der Waals surface area (Å²) in [6.45, 7) is 5.01. The van der Waals surface area contributed by atoms with E-state index >= 15 is 0 Å². The molecule has 10 nitrogen and oxygen atoms in total. The van der Waals surface area contributed by atoms with Gasteiger partial charge in [-0.15, -0.1) is 11.3 Å². The molecule has 3 atom stereocenters. The molecule has 0 radical (unpaired) electrons. The second-order valence-electron chi connectivity index (χ2n) is 11.6. The van der Waals surface area contributed by atoms with Crippen LogP contribution in [0.5, 0.6) is 5.75 Å². The number of thiophene rings is 1. The SMILES string of the molecule is CCCC[C@H](NC(=O)[C@H](C[C@H](C)c1ccccc1OC)NC(=O)c1cc2c(C(F)(F)F)nn(C)c2s1)C(=O)CC(=O)N1CCCC1. The number of halogens is 3. The Morgan fingerprint density at radius 3 is 2.43 bits per heavy atom. The summed E-state index contributed by atoms with van der Waals surface area (Å²) in [5.74, 6) is -1.76. The molecule has 14 heteroatoms. The fourth-order valence-corrected chi connectivity index (χ4v) is 6.70. The monoisotopic (exact) mass is 663 g/mol. The lowest BCUT2D eigenvalue weighted by molar-refractivity contribution is -0.140. The van der Waals surface area contributed by atoms with Gasteiger partial charge in [-0.2, -0.15) is 18.3 Å². The van der Waals surface area contributed by atoms with Crippen LogP contribution < -0.4 is 15.4 Å². The molecule has 3 aromatic rings. The van der Waals surface area contributed by atoms with E-state index in [0.29, 0.717) is 31.7 Å². The lowest BCUT2D eigenvalue weighted by Crippen LogP contribution is -2.52. The van der Waals surface area contributed by atoms with Crippen molar-refractivity contribution in [1.82, 2.24) is 25.3 Å². The highest BCUT2D eigenvalue weighted by Gasteiger charge is 2.38. The number of ether oxygens (including phenoxy) is 1. The van der Waals surface area contributed by atoms with Crippen LogP contribution in [0.15, 0.2) is 30.3 Å². The van der Waals surface area contributed by atoms with Gasteiger partial charge in [0.15, 0.2) is 11.5 Å². The van der Waals surface area contributed by atoms with Crippen LogP contribution in [0.25, 0.3) is 10.2 Å². The number of unbranched alkanes of at least 4 members (excludes halogenated alkanes) is 1. The Morgan fingerprint density at radius 1 is 1.09 bits per heavy atom. The van der Waals surface area contributed by atoms with Crippen molar-refractivity contribution in [2.45, 2.75) is 83.0 Å². The molecule has 1 aliphatic heterocycles. The standard InChI is InChI=1S/C32H40F3N5O5S/c1-5-6-12-22(24(41)18-27(42)40-14-9-10-15-40)36-29(43)23(16-19(2)20-11-7-8-13-25(20)45-4)37-30(44)26-17-21-28(32(33,34)35)38-39(3)31(21)46-26/h7-8,11,13,17,19,22-23H,5-6,9-10,12,14-16,18H2,1-4H3,(H,36,43)(H,37,44)/t19-,22-,23-/m0/s1. The normalized spacial score (nSPS) is 15.4. The number of nitrogens with zero attached hydrogens (tertiary/aromatic N) is 3. The van der Waals surface area contributed by atoms with Gasteiger partial charge in [-0.1, -0.05) is 44.9 Å². The number of carbonyl (C=O) groups is 4. The minimum atomic E-state index is -4.71. The summed E-state index contributed by atoms with van der Waals surface area (Å²) in [5.41, 5.74) is -0.310. The Kier molecular flexibility index (Phi) is 11.5. The molecule has 1 aromatic carbocycles. The number of carbonyl (C=O) groups excluding carboxylic acids is 4. The number of nitrogens with one attached hydrogen (secondary N) is 2. The number of aryl methyl sites for hydroxylation is 1. The number of amides is 3. The van der Waals surface area contributed by atoms with E-state index in [9.17, 15) is 32.3 Å². The van der Waals surface area contributed by atoms with Crippen molar-refractivity contribution in [3.8, 4) is 5.75 Å². The fourth-order valence-electron chi connectivity index (χ4n) is 5.72. The first-order chi connectivity index (χ1) is 21.8. The molecule has 3 heterocycles. The zero-order chi connectivity index (χ0) is 33.6. The molecule has 3 amide bonds. The largest absolute Gasteiger partial charge is 0.496 e. The molecule has 1 fully saturated rings. The predicted octanol–water partition coefficient (Wildman–Crippen LogP) is 5.21. The maximum Gasteiger partial charge on any atom is 0.435 e. The molecule has 46 heavy (non-hydrogen) atoms. The van der Waals surface area contributed by atoms with Gasteiger partial charge in [0.1, 0.15) is 16.6 Å². The highest BCUT2D eigenvalue weighted by atomic mass is 32.1. The number of rotatable bonds is 14. The molecule has 2 N–H and O–H groups in total. The van der Waals surface area contributed by atoms with E-state index in [1.807, 2.05) is 26.0 Å². The van der Waals surface area contributed by atoms with Gasteiger partial charge in [-0.05, 0) is 49.3 Å². The minimum absolute atomic E-state index is 0.0222. The third-order valence-corrected chi connectivity index (χ3v) is 9.42. The summed E-state index contributed by atoms with van der Waals surface area (Å²) in [6, 6.07) is 6.27. The average molecular weight is 664 g/mol. The summed E-state index contributed by atoms with van der Waals surface area (Å²) >= 11 is 0.833. The molecule has 2 aromatic heterocycles. The van der Waals surface area contributed by atoms with Crippen LogP contribution in [0.4, 0.5) is 13.2 Å². The van der Waals surface area contributed by atoms with Gasteiger partial charge in [0.05, 0.1) is 24.4 Å². The van der Waals surface area contributed by atoms with Crippen molar-refractivity contribution in [3.63, 3.8) is 0 Å². The molecular weight excluding hydrogens is 623 g/mol. The molecule has 0 aliphatic carbocycles. The second-order valence-corrected chi connectivity index (χ2v) is 12.7. The van der Waals surface area contributed by atoms with Gasteiger partial charge in [-0.25, -0.2) is 0 Å². The maximum absolute atomic E-state index is 13.8. The van der Waals surface area contributed by atoms with Crippen LogP contribution in [0.3, 0.4) is 0 Å². The van der Waals surface area contributed by atoms with E-state index in [2.05, 4.69) is 15.7 Å². The summed E-state index contributed by atoms with van der Waals surface area (Å²) in [5, 5.41) is 8.84. The predicted molar refractivity (Wildman–Crippen MR) is 168 cm³/mol. The minimum Gasteiger partial charge on any atom is -0.496 e. The number of hydrogen-bond acceptors (Lipinski definition) is 7. The second kappa shape index (κ2) is 15.1. The van der Waals surface area contributed by atoms with Gasteiger partial charge in [0.25, 0.3) is 5.91 Å². The summed E-state index contributed by atoms with van der Waals surface area (Å²) < 4.78 is 47.3. The van der Waals surface area contributed by atoms with Gasteiger partial charge in [-0.3, -0.25) is 23.9 Å². The number of Topliss-reactive ketones (excluding diaryl/α,β-unsaturated/α-hetero) is 1. The Labute approximate surface area is 269 Å². The zero-order valence-corrected chi connectivity index (χ0v) is 27.2. The third kappa shape index (κ3) is 8.25. The topological polar surface area (TPSA) is 123 Å². The molecule has 0 unspecified atom stereocenters. The van der Waals surface area contributed by atoms with Crippen molar-refractivity contribution in [1.29, 1.82) is 0 Å². The van der Waals surface area contributed by atoms with Gasteiger partial charge in [0, 0.05) is 25.5 Å². The van der Waals surface area contributed by atoms with E-state index in [1.165, 1.54) is 14.2 Å². The lowest BCUT2D eigenvalue weighted by Gasteiger charge is -2.26. The average Bonchev–Trinajstić information content (AvgIpc) is 3.77. The van der Waals surface area contributed by atoms with Crippen molar-refractivity contribution >= 4 is 45.1 Å². The number of para-hydroxylation sites is 1. The van der Waals surface area contributed by atoms with Gasteiger partial charge < -0.3 is 20.3 Å². The summed E-state index contributed by atoms with van der Waals surface area (Å²) in [6.07, 6.45) is -1.48. The summed E-state index contributed by atoms with van der Waals surface area (Å²) in [4.78, 5) is 55.2. The first-order valence-electron chi connectivity index (χ1n) is 15.4.